The van der Waals surface area contributed by atoms with Crippen LogP contribution in [0.5, 0.6) is 0 Å². The van der Waals surface area contributed by atoms with Crippen LogP contribution in [-0.4, -0.2) is 9.97 Å². The SMILES string of the molecule is C1=CC=C(c2cc(-c3ccccc3)nc(-c3ccc(Cc4ccccc4)cc3)n2)C=1. The van der Waals surface area contributed by atoms with Crippen molar-refractivity contribution in [2.75, 3.05) is 0 Å². The van der Waals surface area contributed by atoms with E-state index in [0.29, 0.717) is 0 Å². The van der Waals surface area contributed by atoms with Gasteiger partial charge in [0.25, 0.3) is 0 Å². The third-order valence-electron chi connectivity index (χ3n) is 5.15. The summed E-state index contributed by atoms with van der Waals surface area (Å²) in [6.45, 7) is 0. The van der Waals surface area contributed by atoms with Gasteiger partial charge in [0.2, 0.25) is 0 Å². The van der Waals surface area contributed by atoms with E-state index in [2.05, 4.69) is 66.4 Å². The van der Waals surface area contributed by atoms with E-state index in [9.17, 15) is 0 Å². The second kappa shape index (κ2) is 8.16. The summed E-state index contributed by atoms with van der Waals surface area (Å²) in [5.41, 5.74) is 10.7. The Bertz CT molecular complexity index is 1260. The number of benzene rings is 3. The molecule has 4 aromatic rings. The van der Waals surface area contributed by atoms with Crippen molar-refractivity contribution in [1.29, 1.82) is 0 Å². The van der Waals surface area contributed by atoms with Crippen LogP contribution in [0.3, 0.4) is 0 Å². The summed E-state index contributed by atoms with van der Waals surface area (Å²) < 4.78 is 0. The Balaban J connectivity index is 1.51. The van der Waals surface area contributed by atoms with Crippen molar-refractivity contribution in [1.82, 2.24) is 9.97 Å². The minimum Gasteiger partial charge on any atom is -0.228 e. The minimum atomic E-state index is 0.735. The van der Waals surface area contributed by atoms with E-state index in [1.165, 1.54) is 11.1 Å². The first kappa shape index (κ1) is 18.1. The molecule has 0 bridgehead atoms. The summed E-state index contributed by atoms with van der Waals surface area (Å²) >= 11 is 0. The molecule has 0 radical (unpaired) electrons. The van der Waals surface area contributed by atoms with E-state index in [4.69, 9.17) is 9.97 Å². The molecule has 1 aliphatic rings. The first-order valence-electron chi connectivity index (χ1n) is 10.1. The van der Waals surface area contributed by atoms with Crippen LogP contribution < -0.4 is 0 Å². The average Bonchev–Trinajstić information content (AvgIpc) is 3.36. The molecule has 1 aliphatic carbocycles. The molecule has 0 spiro atoms. The van der Waals surface area contributed by atoms with E-state index < -0.39 is 0 Å². The Morgan fingerprint density at radius 3 is 2.00 bits per heavy atom. The largest absolute Gasteiger partial charge is 0.228 e. The Morgan fingerprint density at radius 2 is 1.30 bits per heavy atom. The lowest BCUT2D eigenvalue weighted by Crippen LogP contribution is -1.97. The molecule has 3 aromatic carbocycles. The zero-order valence-corrected chi connectivity index (χ0v) is 16.5. The van der Waals surface area contributed by atoms with Crippen LogP contribution in [0.1, 0.15) is 16.8 Å². The third-order valence-corrected chi connectivity index (χ3v) is 5.15. The molecule has 0 saturated carbocycles. The standard InChI is InChI=1S/C28H20N2/c1-3-9-21(10-4-1)19-22-15-17-25(18-16-22)28-29-26(23-11-5-2-6-12-23)20-27(30-28)24-13-7-8-14-24/h1-7,9-18,20H,19H2. The van der Waals surface area contributed by atoms with E-state index >= 15 is 0 Å². The van der Waals surface area contributed by atoms with Gasteiger partial charge in [0.15, 0.2) is 5.82 Å². The molecule has 142 valence electrons. The monoisotopic (exact) mass is 384 g/mol. The molecular weight excluding hydrogens is 364 g/mol. The van der Waals surface area contributed by atoms with E-state index in [-0.39, 0.29) is 0 Å². The number of allylic oxidation sites excluding steroid dienone is 3. The minimum absolute atomic E-state index is 0.735. The number of rotatable bonds is 5. The molecule has 0 N–H and O–H groups in total. The molecule has 0 unspecified atom stereocenters. The molecule has 1 aromatic heterocycles. The van der Waals surface area contributed by atoms with Gasteiger partial charge in [0.1, 0.15) is 0 Å². The Hall–Kier alpha value is -4.00. The Kier molecular flexibility index (Phi) is 4.91. The third kappa shape index (κ3) is 3.91. The highest BCUT2D eigenvalue weighted by molar-refractivity contribution is 5.78. The molecule has 30 heavy (non-hydrogen) atoms. The molecule has 0 atom stereocenters. The second-order valence-corrected chi connectivity index (χ2v) is 7.29. The molecule has 1 heterocycles. The number of hydrogen-bond donors (Lipinski definition) is 0. The Morgan fingerprint density at radius 1 is 0.633 bits per heavy atom. The van der Waals surface area contributed by atoms with Crippen LogP contribution in [0.25, 0.3) is 28.2 Å². The fourth-order valence-electron chi connectivity index (χ4n) is 3.57. The van der Waals surface area contributed by atoms with Crippen molar-refractivity contribution in [3.8, 4) is 22.6 Å². The molecule has 2 nitrogen and oxygen atoms in total. The van der Waals surface area contributed by atoms with Crippen LogP contribution in [0.4, 0.5) is 0 Å². The van der Waals surface area contributed by atoms with Crippen molar-refractivity contribution in [2.24, 2.45) is 0 Å². The van der Waals surface area contributed by atoms with Crippen molar-refractivity contribution in [3.63, 3.8) is 0 Å². The van der Waals surface area contributed by atoms with Gasteiger partial charge >= 0.3 is 0 Å². The molecule has 5 rings (SSSR count). The van der Waals surface area contributed by atoms with E-state index in [1.54, 1.807) is 0 Å². The fraction of sp³-hybridized carbons (Fsp3) is 0.0357. The zero-order valence-electron chi connectivity index (χ0n) is 16.5. The fourth-order valence-corrected chi connectivity index (χ4v) is 3.57. The lowest BCUT2D eigenvalue weighted by Gasteiger charge is -2.09. The zero-order chi connectivity index (χ0) is 20.2. The smallest absolute Gasteiger partial charge is 0.160 e. The highest BCUT2D eigenvalue weighted by atomic mass is 14.9. The number of hydrogen-bond acceptors (Lipinski definition) is 2. The molecular formula is C28H20N2. The summed E-state index contributed by atoms with van der Waals surface area (Å²) in [7, 11) is 0. The first-order chi connectivity index (χ1) is 14.8. The van der Waals surface area contributed by atoms with Crippen molar-refractivity contribution in [2.45, 2.75) is 6.42 Å². The van der Waals surface area contributed by atoms with Crippen molar-refractivity contribution < 1.29 is 0 Å². The van der Waals surface area contributed by atoms with Crippen LogP contribution in [0, 0.1) is 0 Å². The predicted molar refractivity (Wildman–Crippen MR) is 123 cm³/mol. The van der Waals surface area contributed by atoms with Crippen LogP contribution in [0.15, 0.2) is 115 Å². The molecule has 0 amide bonds. The second-order valence-electron chi connectivity index (χ2n) is 7.29. The van der Waals surface area contributed by atoms with Gasteiger partial charge in [-0.05, 0) is 41.8 Å². The molecule has 0 aliphatic heterocycles. The van der Waals surface area contributed by atoms with Gasteiger partial charge in [-0.3, -0.25) is 0 Å². The maximum Gasteiger partial charge on any atom is 0.160 e. The topological polar surface area (TPSA) is 25.8 Å². The quantitative estimate of drug-likeness (QED) is 0.367. The molecule has 0 fully saturated rings. The summed E-state index contributed by atoms with van der Waals surface area (Å²) in [5.74, 6) is 0.735. The van der Waals surface area contributed by atoms with Gasteiger partial charge in [0, 0.05) is 16.7 Å². The average molecular weight is 384 g/mol. The maximum atomic E-state index is 4.88. The van der Waals surface area contributed by atoms with Crippen LogP contribution in [-0.2, 0) is 6.42 Å². The van der Waals surface area contributed by atoms with Gasteiger partial charge < -0.3 is 0 Å². The van der Waals surface area contributed by atoms with E-state index in [1.807, 2.05) is 48.6 Å². The highest BCUT2D eigenvalue weighted by Gasteiger charge is 2.11. The maximum absolute atomic E-state index is 4.88. The summed E-state index contributed by atoms with van der Waals surface area (Å²) in [6.07, 6.45) is 6.83. The van der Waals surface area contributed by atoms with Gasteiger partial charge in [-0.2, -0.15) is 0 Å². The van der Waals surface area contributed by atoms with Crippen LogP contribution in [0.2, 0.25) is 0 Å². The number of nitrogens with zero attached hydrogens (tertiary/aromatic N) is 2. The van der Waals surface area contributed by atoms with Gasteiger partial charge in [0.05, 0.1) is 11.4 Å². The van der Waals surface area contributed by atoms with E-state index in [0.717, 1.165) is 40.3 Å². The van der Waals surface area contributed by atoms with Gasteiger partial charge in [-0.15, -0.1) is 5.73 Å². The summed E-state index contributed by atoms with van der Waals surface area (Å²) in [5, 5.41) is 0. The summed E-state index contributed by atoms with van der Waals surface area (Å²) in [6, 6.07) is 31.4. The number of aromatic nitrogens is 2. The molecule has 0 saturated heterocycles. The van der Waals surface area contributed by atoms with Gasteiger partial charge in [-0.25, -0.2) is 9.97 Å². The Labute approximate surface area is 176 Å². The van der Waals surface area contributed by atoms with Crippen LogP contribution >= 0.6 is 0 Å². The highest BCUT2D eigenvalue weighted by Crippen LogP contribution is 2.27. The van der Waals surface area contributed by atoms with Gasteiger partial charge in [-0.1, -0.05) is 84.9 Å². The first-order valence-corrected chi connectivity index (χ1v) is 10.1. The lowest BCUT2D eigenvalue weighted by molar-refractivity contribution is 1.15. The van der Waals surface area contributed by atoms with Crippen molar-refractivity contribution in [3.05, 3.63) is 132 Å². The summed E-state index contributed by atoms with van der Waals surface area (Å²) in [4.78, 5) is 9.73. The molecule has 2 heteroatoms. The normalized spacial score (nSPS) is 12.2. The predicted octanol–water partition coefficient (Wildman–Crippen LogP) is 6.51. The van der Waals surface area contributed by atoms with Crippen molar-refractivity contribution >= 4 is 5.57 Å². The lowest BCUT2D eigenvalue weighted by atomic mass is 10.0.